The van der Waals surface area contributed by atoms with Crippen molar-refractivity contribution in [1.82, 2.24) is 0 Å². The molecule has 1 heterocycles. The van der Waals surface area contributed by atoms with Crippen LogP contribution in [0, 0.1) is 5.92 Å². The zero-order valence-corrected chi connectivity index (χ0v) is 16.2. The second kappa shape index (κ2) is 7.94. The summed E-state index contributed by atoms with van der Waals surface area (Å²) in [6, 6.07) is 5.51. The van der Waals surface area contributed by atoms with Crippen LogP contribution in [-0.2, 0) is 14.3 Å². The highest BCUT2D eigenvalue weighted by Gasteiger charge is 2.45. The fraction of sp³-hybridized carbons (Fsp3) is 0.476. The maximum atomic E-state index is 12.9. The predicted octanol–water partition coefficient (Wildman–Crippen LogP) is 3.45. The number of hydrogen-bond acceptors (Lipinski definition) is 6. The third-order valence-corrected chi connectivity index (χ3v) is 5.17. The molecule has 3 rings (SSSR count). The van der Waals surface area contributed by atoms with E-state index in [1.807, 2.05) is 12.1 Å². The minimum absolute atomic E-state index is 0.101. The van der Waals surface area contributed by atoms with Gasteiger partial charge in [0, 0.05) is 29.3 Å². The van der Waals surface area contributed by atoms with Gasteiger partial charge in [0.25, 0.3) is 0 Å². The van der Waals surface area contributed by atoms with Crippen molar-refractivity contribution in [3.8, 4) is 11.5 Å². The molecule has 6 nitrogen and oxygen atoms in total. The lowest BCUT2D eigenvalue weighted by Crippen LogP contribution is -2.39. The van der Waals surface area contributed by atoms with E-state index in [-0.39, 0.29) is 12.4 Å². The number of rotatable bonds is 5. The first-order valence-corrected chi connectivity index (χ1v) is 9.22. The van der Waals surface area contributed by atoms with Gasteiger partial charge >= 0.3 is 5.97 Å². The van der Waals surface area contributed by atoms with Gasteiger partial charge in [-0.1, -0.05) is 12.1 Å². The van der Waals surface area contributed by atoms with E-state index < -0.39 is 17.8 Å². The minimum Gasteiger partial charge on any atom is -0.493 e. The summed E-state index contributed by atoms with van der Waals surface area (Å²) >= 11 is 0. The average molecular weight is 371 g/mol. The Morgan fingerprint density at radius 1 is 1.19 bits per heavy atom. The smallest absolute Gasteiger partial charge is 0.336 e. The van der Waals surface area contributed by atoms with Crippen LogP contribution >= 0.6 is 0 Å². The summed E-state index contributed by atoms with van der Waals surface area (Å²) in [5.41, 5.74) is 2.61. The van der Waals surface area contributed by atoms with Crippen molar-refractivity contribution >= 4 is 17.5 Å². The first-order valence-electron chi connectivity index (χ1n) is 9.22. The molecule has 0 saturated heterocycles. The Balaban J connectivity index is 2.23. The van der Waals surface area contributed by atoms with Crippen molar-refractivity contribution in [2.75, 3.05) is 20.8 Å². The van der Waals surface area contributed by atoms with Gasteiger partial charge in [-0.2, -0.15) is 0 Å². The summed E-state index contributed by atoms with van der Waals surface area (Å²) in [6.45, 7) is 3.82. The predicted molar refractivity (Wildman–Crippen MR) is 101 cm³/mol. The molecule has 2 atom stereocenters. The second-order valence-electron chi connectivity index (χ2n) is 6.68. The van der Waals surface area contributed by atoms with Gasteiger partial charge in [-0.05, 0) is 32.8 Å². The minimum atomic E-state index is -0.491. The van der Waals surface area contributed by atoms with Crippen molar-refractivity contribution in [3.05, 3.63) is 35.0 Å². The SMILES string of the molecule is CCOC(=O)C1=C(C)N=C2CCCC(=O)[C@@H]2[C@@H]1c1cccc(OC)c1OC. The van der Waals surface area contributed by atoms with Crippen LogP contribution in [0.2, 0.25) is 0 Å². The Morgan fingerprint density at radius 2 is 1.96 bits per heavy atom. The highest BCUT2D eigenvalue weighted by atomic mass is 16.5. The number of nitrogens with zero attached hydrogens (tertiary/aromatic N) is 1. The standard InChI is InChI=1S/C21H25NO5/c1-5-27-21(24)17-12(2)22-14-9-7-10-15(23)19(14)18(17)13-8-6-11-16(25-3)20(13)26-4/h6,8,11,18-19H,5,7,9-10H2,1-4H3/t18-,19-/m1/s1. The van der Waals surface area contributed by atoms with Crippen LogP contribution in [-0.4, -0.2) is 38.3 Å². The van der Waals surface area contributed by atoms with Crippen LogP contribution in [0.4, 0.5) is 0 Å². The number of para-hydroxylation sites is 1. The molecule has 1 fully saturated rings. The number of aliphatic imine (C=N–C) groups is 1. The number of carbonyl (C=O) groups is 2. The maximum absolute atomic E-state index is 12.9. The first kappa shape index (κ1) is 19.1. The van der Waals surface area contributed by atoms with E-state index in [1.54, 1.807) is 34.1 Å². The molecule has 0 radical (unpaired) electrons. The number of methoxy groups -OCH3 is 2. The Hall–Kier alpha value is -2.63. The van der Waals surface area contributed by atoms with Gasteiger partial charge in [0.05, 0.1) is 32.3 Å². The summed E-state index contributed by atoms with van der Waals surface area (Å²) in [5, 5.41) is 0. The summed E-state index contributed by atoms with van der Waals surface area (Å²) in [6.07, 6.45) is 2.03. The number of carbonyl (C=O) groups excluding carboxylic acids is 2. The molecule has 0 aromatic heterocycles. The second-order valence-corrected chi connectivity index (χ2v) is 6.68. The molecule has 0 unspecified atom stereocenters. The third-order valence-electron chi connectivity index (χ3n) is 5.17. The average Bonchev–Trinajstić information content (AvgIpc) is 2.66. The lowest BCUT2D eigenvalue weighted by Gasteiger charge is -2.36. The number of allylic oxidation sites excluding steroid dienone is 1. The topological polar surface area (TPSA) is 74.2 Å². The highest BCUT2D eigenvalue weighted by Crippen LogP contribution is 2.47. The monoisotopic (exact) mass is 371 g/mol. The number of benzene rings is 1. The molecular formula is C21H25NO5. The summed E-state index contributed by atoms with van der Waals surface area (Å²) in [5.74, 6) is -0.213. The third kappa shape index (κ3) is 3.36. The molecule has 0 N–H and O–H groups in total. The molecule has 1 aliphatic heterocycles. The molecule has 1 aromatic rings. The Bertz CT molecular complexity index is 824. The molecular weight excluding hydrogens is 346 g/mol. The summed E-state index contributed by atoms with van der Waals surface area (Å²) in [7, 11) is 3.12. The van der Waals surface area contributed by atoms with Crippen molar-refractivity contribution in [2.24, 2.45) is 10.9 Å². The van der Waals surface area contributed by atoms with Gasteiger partial charge in [-0.25, -0.2) is 4.79 Å². The van der Waals surface area contributed by atoms with Crippen LogP contribution in [0.15, 0.2) is 34.5 Å². The number of hydrogen-bond donors (Lipinski definition) is 0. The molecule has 0 spiro atoms. The van der Waals surface area contributed by atoms with E-state index in [0.29, 0.717) is 29.2 Å². The van der Waals surface area contributed by atoms with Crippen LogP contribution in [0.5, 0.6) is 11.5 Å². The fourth-order valence-corrected chi connectivity index (χ4v) is 4.09. The van der Waals surface area contributed by atoms with Crippen LogP contribution in [0.25, 0.3) is 0 Å². The summed E-state index contributed by atoms with van der Waals surface area (Å²) in [4.78, 5) is 30.3. The number of Topliss-reactive ketones (excluding diaryl/α,β-unsaturated/α-hetero) is 1. The van der Waals surface area contributed by atoms with Crippen LogP contribution in [0.1, 0.15) is 44.6 Å². The number of fused-ring (bicyclic) bond motifs is 1. The Labute approximate surface area is 159 Å². The molecule has 1 saturated carbocycles. The zero-order chi connectivity index (χ0) is 19.6. The molecule has 27 heavy (non-hydrogen) atoms. The molecule has 0 bridgehead atoms. The van der Waals surface area contributed by atoms with Crippen LogP contribution in [0.3, 0.4) is 0 Å². The lowest BCUT2D eigenvalue weighted by atomic mass is 9.69. The van der Waals surface area contributed by atoms with Gasteiger partial charge in [0.15, 0.2) is 11.5 Å². The molecule has 1 aliphatic carbocycles. The van der Waals surface area contributed by atoms with E-state index in [0.717, 1.165) is 24.1 Å². The molecule has 2 aliphatic rings. The first-order chi connectivity index (χ1) is 13.0. The molecule has 6 heteroatoms. The van der Waals surface area contributed by atoms with Gasteiger partial charge < -0.3 is 14.2 Å². The highest BCUT2D eigenvalue weighted by molar-refractivity contribution is 6.11. The molecule has 1 aromatic carbocycles. The zero-order valence-electron chi connectivity index (χ0n) is 16.2. The number of esters is 1. The normalized spacial score (nSPS) is 22.1. The van der Waals surface area contributed by atoms with Crippen molar-refractivity contribution in [3.63, 3.8) is 0 Å². The maximum Gasteiger partial charge on any atom is 0.336 e. The number of ether oxygens (including phenoxy) is 3. The Kier molecular flexibility index (Phi) is 5.63. The van der Waals surface area contributed by atoms with Gasteiger partial charge in [-0.3, -0.25) is 9.79 Å². The van der Waals surface area contributed by atoms with E-state index in [4.69, 9.17) is 14.2 Å². The van der Waals surface area contributed by atoms with E-state index in [2.05, 4.69) is 4.99 Å². The largest absolute Gasteiger partial charge is 0.493 e. The van der Waals surface area contributed by atoms with E-state index in [9.17, 15) is 9.59 Å². The molecule has 0 amide bonds. The van der Waals surface area contributed by atoms with Crippen molar-refractivity contribution < 1.29 is 23.8 Å². The quantitative estimate of drug-likeness (QED) is 0.741. The van der Waals surface area contributed by atoms with Crippen LogP contribution < -0.4 is 9.47 Å². The lowest BCUT2D eigenvalue weighted by molar-refractivity contribution is -0.139. The fourth-order valence-electron chi connectivity index (χ4n) is 4.09. The van der Waals surface area contributed by atoms with Crippen molar-refractivity contribution in [1.29, 1.82) is 0 Å². The number of ketones is 1. The van der Waals surface area contributed by atoms with E-state index in [1.165, 1.54) is 0 Å². The van der Waals surface area contributed by atoms with Crippen molar-refractivity contribution in [2.45, 2.75) is 39.0 Å². The van der Waals surface area contributed by atoms with Gasteiger partial charge in [0.1, 0.15) is 5.78 Å². The Morgan fingerprint density at radius 3 is 2.63 bits per heavy atom. The van der Waals surface area contributed by atoms with Gasteiger partial charge in [0.2, 0.25) is 0 Å². The summed E-state index contributed by atoms with van der Waals surface area (Å²) < 4.78 is 16.3. The van der Waals surface area contributed by atoms with E-state index >= 15 is 0 Å². The molecule has 144 valence electrons. The van der Waals surface area contributed by atoms with Gasteiger partial charge in [-0.15, -0.1) is 0 Å².